The van der Waals surface area contributed by atoms with Crippen LogP contribution in [0.3, 0.4) is 0 Å². The molecule has 0 aliphatic rings. The van der Waals surface area contributed by atoms with E-state index in [4.69, 9.17) is 0 Å². The Labute approximate surface area is 304 Å². The highest BCUT2D eigenvalue weighted by molar-refractivity contribution is 5.76. The first-order chi connectivity index (χ1) is 24.2. The first-order valence-electron chi connectivity index (χ1n) is 20.6. The molecular formula is C45H79NO3. The maximum Gasteiger partial charge on any atom is 0.220 e. The van der Waals surface area contributed by atoms with Gasteiger partial charge < -0.3 is 15.5 Å². The molecule has 3 N–H and O–H groups in total. The smallest absolute Gasteiger partial charge is 0.220 e. The Morgan fingerprint density at radius 3 is 1.31 bits per heavy atom. The van der Waals surface area contributed by atoms with Crippen molar-refractivity contribution in [1.82, 2.24) is 5.32 Å². The largest absolute Gasteiger partial charge is 0.394 e. The minimum Gasteiger partial charge on any atom is -0.394 e. The molecule has 0 rings (SSSR count). The summed E-state index contributed by atoms with van der Waals surface area (Å²) in [6, 6.07) is -0.563. The summed E-state index contributed by atoms with van der Waals surface area (Å²) in [5.74, 6) is -0.0761. The summed E-state index contributed by atoms with van der Waals surface area (Å²) in [6.07, 6.45) is 56.8. The molecule has 0 saturated heterocycles. The van der Waals surface area contributed by atoms with E-state index in [0.29, 0.717) is 12.8 Å². The number of aliphatic hydroxyl groups excluding tert-OH is 2. The van der Waals surface area contributed by atoms with Gasteiger partial charge in [0.15, 0.2) is 0 Å². The number of amides is 1. The van der Waals surface area contributed by atoms with E-state index in [9.17, 15) is 15.0 Å². The van der Waals surface area contributed by atoms with Crippen molar-refractivity contribution in [3.05, 3.63) is 72.9 Å². The lowest BCUT2D eigenvalue weighted by Gasteiger charge is -2.22. The second kappa shape index (κ2) is 40.3. The molecule has 4 nitrogen and oxygen atoms in total. The predicted octanol–water partition coefficient (Wildman–Crippen LogP) is 12.7. The van der Waals surface area contributed by atoms with Crippen molar-refractivity contribution in [1.29, 1.82) is 0 Å². The number of hydrogen-bond donors (Lipinski definition) is 3. The standard InChI is InChI=1S/C45H79NO3/c1-3-5-7-9-11-13-15-17-19-21-22-23-24-25-27-29-31-33-35-37-39-41-45(49)46-43(42-47)44(48)40-38-36-34-32-30-28-26-20-18-16-14-12-10-8-6-4-2/h5,7,11,13,17,19,22-23,25,27,31,33,43-44,47-48H,3-4,6,8-10,12,14-16,18,20-21,24,26,28-30,32,34-42H2,1-2H3,(H,46,49)/b7-5-,13-11-,19-17-,23-22-,27-25-,33-31-. The van der Waals surface area contributed by atoms with Gasteiger partial charge in [-0.05, 0) is 64.2 Å². The topological polar surface area (TPSA) is 69.6 Å². The Balaban J connectivity index is 3.68. The molecule has 0 spiro atoms. The fourth-order valence-corrected chi connectivity index (χ4v) is 5.83. The van der Waals surface area contributed by atoms with E-state index in [1.807, 2.05) is 0 Å². The molecule has 0 heterocycles. The Hall–Kier alpha value is -2.17. The van der Waals surface area contributed by atoms with E-state index in [2.05, 4.69) is 92.1 Å². The molecular weight excluding hydrogens is 602 g/mol. The first kappa shape index (κ1) is 46.8. The molecule has 282 valence electrons. The number of carbonyl (C=O) groups excluding carboxylic acids is 1. The average molecular weight is 682 g/mol. The molecule has 0 fully saturated rings. The van der Waals surface area contributed by atoms with Crippen molar-refractivity contribution in [3.8, 4) is 0 Å². The molecule has 0 aliphatic carbocycles. The van der Waals surface area contributed by atoms with Gasteiger partial charge in [0, 0.05) is 6.42 Å². The Kier molecular flexibility index (Phi) is 38.5. The molecule has 0 aliphatic heterocycles. The maximum atomic E-state index is 12.4. The lowest BCUT2D eigenvalue weighted by Crippen LogP contribution is -2.45. The van der Waals surface area contributed by atoms with Gasteiger partial charge in [-0.15, -0.1) is 0 Å². The fraction of sp³-hybridized carbons (Fsp3) is 0.711. The molecule has 0 radical (unpaired) electrons. The van der Waals surface area contributed by atoms with Crippen LogP contribution in [-0.4, -0.2) is 34.9 Å². The van der Waals surface area contributed by atoms with Crippen LogP contribution in [0, 0.1) is 0 Å². The fourth-order valence-electron chi connectivity index (χ4n) is 5.83. The number of unbranched alkanes of at least 4 members (excludes halogenated alkanes) is 17. The summed E-state index contributed by atoms with van der Waals surface area (Å²) < 4.78 is 0. The van der Waals surface area contributed by atoms with E-state index < -0.39 is 12.1 Å². The second-order valence-electron chi connectivity index (χ2n) is 13.7. The zero-order valence-electron chi connectivity index (χ0n) is 32.2. The first-order valence-corrected chi connectivity index (χ1v) is 20.6. The van der Waals surface area contributed by atoms with E-state index in [-0.39, 0.29) is 12.5 Å². The van der Waals surface area contributed by atoms with Crippen molar-refractivity contribution in [2.45, 2.75) is 199 Å². The van der Waals surface area contributed by atoms with Crippen LogP contribution in [0.15, 0.2) is 72.9 Å². The predicted molar refractivity (Wildman–Crippen MR) is 216 cm³/mol. The van der Waals surface area contributed by atoms with Crippen LogP contribution in [0.1, 0.15) is 187 Å². The molecule has 2 atom stereocenters. The Morgan fingerprint density at radius 2 is 0.898 bits per heavy atom. The number of rotatable bonds is 36. The quantitative estimate of drug-likeness (QED) is 0.0455. The lowest BCUT2D eigenvalue weighted by molar-refractivity contribution is -0.123. The van der Waals surface area contributed by atoms with Gasteiger partial charge in [0.05, 0.1) is 18.8 Å². The van der Waals surface area contributed by atoms with Crippen LogP contribution in [-0.2, 0) is 4.79 Å². The van der Waals surface area contributed by atoms with Crippen LogP contribution in [0.2, 0.25) is 0 Å². The third-order valence-electron chi connectivity index (χ3n) is 8.98. The zero-order valence-corrected chi connectivity index (χ0v) is 32.2. The Morgan fingerprint density at radius 1 is 0.510 bits per heavy atom. The number of nitrogens with one attached hydrogen (secondary N) is 1. The lowest BCUT2D eigenvalue weighted by atomic mass is 10.0. The summed E-state index contributed by atoms with van der Waals surface area (Å²) in [6.45, 7) is 4.22. The van der Waals surface area contributed by atoms with E-state index in [1.165, 1.54) is 89.9 Å². The van der Waals surface area contributed by atoms with Gasteiger partial charge in [-0.3, -0.25) is 4.79 Å². The van der Waals surface area contributed by atoms with Crippen molar-refractivity contribution >= 4 is 5.91 Å². The van der Waals surface area contributed by atoms with Gasteiger partial charge in [0.1, 0.15) is 0 Å². The number of carbonyl (C=O) groups is 1. The third-order valence-corrected chi connectivity index (χ3v) is 8.98. The zero-order chi connectivity index (χ0) is 35.7. The van der Waals surface area contributed by atoms with Crippen LogP contribution in [0.25, 0.3) is 0 Å². The molecule has 0 bridgehead atoms. The molecule has 4 heteroatoms. The van der Waals surface area contributed by atoms with Crippen LogP contribution < -0.4 is 5.32 Å². The van der Waals surface area contributed by atoms with Crippen LogP contribution in [0.4, 0.5) is 0 Å². The highest BCUT2D eigenvalue weighted by Crippen LogP contribution is 2.15. The average Bonchev–Trinajstić information content (AvgIpc) is 3.10. The number of allylic oxidation sites excluding steroid dienone is 12. The molecule has 0 aromatic rings. The normalized spacial score (nSPS) is 13.8. The van der Waals surface area contributed by atoms with Gasteiger partial charge in [-0.2, -0.15) is 0 Å². The molecule has 0 saturated carbocycles. The van der Waals surface area contributed by atoms with E-state index in [1.54, 1.807) is 0 Å². The SMILES string of the molecule is CC/C=C\C/C=C\C/C=C\C/C=C\C/C=C\C/C=C\CCCCC(=O)NC(CO)C(O)CCCCCCCCCCCCCCCCCC. The number of aliphatic hydroxyl groups is 2. The van der Waals surface area contributed by atoms with Gasteiger partial charge in [-0.25, -0.2) is 0 Å². The molecule has 0 aromatic carbocycles. The Bertz CT molecular complexity index is 868. The summed E-state index contributed by atoms with van der Waals surface area (Å²) in [5.41, 5.74) is 0. The van der Waals surface area contributed by atoms with Crippen molar-refractivity contribution in [2.75, 3.05) is 6.61 Å². The van der Waals surface area contributed by atoms with Crippen molar-refractivity contribution in [3.63, 3.8) is 0 Å². The molecule has 49 heavy (non-hydrogen) atoms. The van der Waals surface area contributed by atoms with Crippen LogP contribution in [0.5, 0.6) is 0 Å². The van der Waals surface area contributed by atoms with E-state index in [0.717, 1.165) is 70.6 Å². The summed E-state index contributed by atoms with van der Waals surface area (Å²) >= 11 is 0. The van der Waals surface area contributed by atoms with E-state index >= 15 is 0 Å². The monoisotopic (exact) mass is 682 g/mol. The van der Waals surface area contributed by atoms with Crippen molar-refractivity contribution in [2.24, 2.45) is 0 Å². The molecule has 2 unspecified atom stereocenters. The minimum atomic E-state index is -0.681. The second-order valence-corrected chi connectivity index (χ2v) is 13.7. The van der Waals surface area contributed by atoms with Crippen LogP contribution >= 0.6 is 0 Å². The van der Waals surface area contributed by atoms with Crippen molar-refractivity contribution < 1.29 is 15.0 Å². The van der Waals surface area contributed by atoms with Gasteiger partial charge in [0.25, 0.3) is 0 Å². The number of hydrogen-bond acceptors (Lipinski definition) is 3. The summed E-state index contributed by atoms with van der Waals surface area (Å²) in [7, 11) is 0. The maximum absolute atomic E-state index is 12.4. The highest BCUT2D eigenvalue weighted by Gasteiger charge is 2.19. The molecule has 1 amide bonds. The highest BCUT2D eigenvalue weighted by atomic mass is 16.3. The van der Waals surface area contributed by atoms with Gasteiger partial charge >= 0.3 is 0 Å². The minimum absolute atomic E-state index is 0.0761. The van der Waals surface area contributed by atoms with Gasteiger partial charge in [0.2, 0.25) is 5.91 Å². The third kappa shape index (κ3) is 36.9. The summed E-state index contributed by atoms with van der Waals surface area (Å²) in [5, 5.41) is 23.1. The molecule has 0 aromatic heterocycles. The summed E-state index contributed by atoms with van der Waals surface area (Å²) in [4.78, 5) is 12.4. The van der Waals surface area contributed by atoms with Gasteiger partial charge in [-0.1, -0.05) is 189 Å².